The van der Waals surface area contributed by atoms with Crippen LogP contribution < -0.4 is 5.73 Å². The van der Waals surface area contributed by atoms with Crippen LogP contribution in [0.4, 0.5) is 0 Å². The summed E-state index contributed by atoms with van der Waals surface area (Å²) in [6, 6.07) is 4.55. The zero-order chi connectivity index (χ0) is 11.4. The number of hydrogen-bond acceptors (Lipinski definition) is 2. The van der Waals surface area contributed by atoms with E-state index in [2.05, 4.69) is 28.1 Å². The lowest BCUT2D eigenvalue weighted by Gasteiger charge is -2.25. The van der Waals surface area contributed by atoms with Crippen LogP contribution in [0.15, 0.2) is 15.9 Å². The summed E-state index contributed by atoms with van der Waals surface area (Å²) < 4.78 is 1.20. The van der Waals surface area contributed by atoms with Crippen LogP contribution in [0.25, 0.3) is 0 Å². The van der Waals surface area contributed by atoms with Crippen molar-refractivity contribution in [3.05, 3.63) is 20.8 Å². The largest absolute Gasteiger partial charge is 0.323 e. The van der Waals surface area contributed by atoms with Gasteiger partial charge in [0.1, 0.15) is 0 Å². The minimum atomic E-state index is 0.259. The third-order valence-electron chi connectivity index (χ3n) is 3.58. The van der Waals surface area contributed by atoms with E-state index < -0.39 is 0 Å². The molecule has 1 saturated carbocycles. The van der Waals surface area contributed by atoms with Crippen molar-refractivity contribution < 1.29 is 0 Å². The topological polar surface area (TPSA) is 26.0 Å². The van der Waals surface area contributed by atoms with Crippen molar-refractivity contribution in [2.45, 2.75) is 51.0 Å². The highest BCUT2D eigenvalue weighted by Gasteiger charge is 2.21. The summed E-state index contributed by atoms with van der Waals surface area (Å²) >= 11 is 5.31. The zero-order valence-electron chi connectivity index (χ0n) is 9.62. The highest BCUT2D eigenvalue weighted by atomic mass is 79.9. The molecular weight excluding hydrogens is 282 g/mol. The molecule has 1 heterocycles. The van der Waals surface area contributed by atoms with E-state index in [0.717, 1.165) is 0 Å². The van der Waals surface area contributed by atoms with Gasteiger partial charge in [0.2, 0.25) is 0 Å². The van der Waals surface area contributed by atoms with Crippen molar-refractivity contribution in [3.8, 4) is 0 Å². The number of thiophene rings is 1. The van der Waals surface area contributed by atoms with Crippen molar-refractivity contribution in [1.29, 1.82) is 0 Å². The zero-order valence-corrected chi connectivity index (χ0v) is 12.0. The molecule has 1 nitrogen and oxygen atoms in total. The summed E-state index contributed by atoms with van der Waals surface area (Å²) in [6.45, 7) is 0. The maximum absolute atomic E-state index is 6.39. The van der Waals surface area contributed by atoms with Gasteiger partial charge in [-0.25, -0.2) is 0 Å². The first-order valence-corrected chi connectivity index (χ1v) is 7.89. The van der Waals surface area contributed by atoms with Gasteiger partial charge in [-0.15, -0.1) is 11.3 Å². The van der Waals surface area contributed by atoms with E-state index in [1.54, 1.807) is 11.3 Å². The van der Waals surface area contributed by atoms with Gasteiger partial charge in [-0.2, -0.15) is 0 Å². The Bertz CT molecular complexity index is 315. The van der Waals surface area contributed by atoms with Gasteiger partial charge in [-0.05, 0) is 46.8 Å². The molecule has 1 atom stereocenters. The van der Waals surface area contributed by atoms with Gasteiger partial charge in [0.15, 0.2) is 0 Å². The van der Waals surface area contributed by atoms with Crippen LogP contribution in [0, 0.1) is 5.92 Å². The van der Waals surface area contributed by atoms with E-state index in [1.807, 2.05) is 0 Å². The van der Waals surface area contributed by atoms with Gasteiger partial charge in [0.05, 0.1) is 3.79 Å². The Hall–Kier alpha value is 0.140. The summed E-state index contributed by atoms with van der Waals surface area (Å²) in [5.74, 6) is 0.700. The highest BCUT2D eigenvalue weighted by Crippen LogP contribution is 2.35. The van der Waals surface area contributed by atoms with Crippen LogP contribution in [-0.4, -0.2) is 0 Å². The third kappa shape index (κ3) is 3.31. The second-order valence-electron chi connectivity index (χ2n) is 4.77. The maximum Gasteiger partial charge on any atom is 0.0701 e. The Morgan fingerprint density at radius 2 is 1.75 bits per heavy atom. The fourth-order valence-electron chi connectivity index (χ4n) is 2.59. The maximum atomic E-state index is 6.39. The second kappa shape index (κ2) is 6.18. The van der Waals surface area contributed by atoms with E-state index in [0.29, 0.717) is 5.92 Å². The van der Waals surface area contributed by atoms with Crippen LogP contribution >= 0.6 is 27.3 Å². The molecule has 0 amide bonds. The molecule has 0 saturated heterocycles. The number of hydrogen-bond donors (Lipinski definition) is 1. The lowest BCUT2D eigenvalue weighted by Crippen LogP contribution is -2.21. The van der Waals surface area contributed by atoms with Gasteiger partial charge >= 0.3 is 0 Å². The Balaban J connectivity index is 1.98. The molecule has 1 fully saturated rings. The monoisotopic (exact) mass is 301 g/mol. The molecule has 0 radical (unpaired) electrons. The first-order valence-electron chi connectivity index (χ1n) is 6.28. The Morgan fingerprint density at radius 3 is 2.31 bits per heavy atom. The van der Waals surface area contributed by atoms with Gasteiger partial charge in [-0.1, -0.05) is 32.1 Å². The summed E-state index contributed by atoms with van der Waals surface area (Å²) in [5, 5.41) is 0. The first-order chi connectivity index (χ1) is 7.77. The van der Waals surface area contributed by atoms with E-state index in [-0.39, 0.29) is 6.04 Å². The fourth-order valence-corrected chi connectivity index (χ4v) is 4.11. The van der Waals surface area contributed by atoms with Crippen LogP contribution in [-0.2, 0) is 0 Å². The van der Waals surface area contributed by atoms with Gasteiger partial charge in [0, 0.05) is 10.9 Å². The molecule has 0 spiro atoms. The third-order valence-corrected chi connectivity index (χ3v) is 5.31. The molecule has 2 rings (SSSR count). The minimum absolute atomic E-state index is 0.259. The summed E-state index contributed by atoms with van der Waals surface area (Å²) in [6.07, 6.45) is 9.59. The normalized spacial score (nSPS) is 21.4. The fraction of sp³-hybridized carbons (Fsp3) is 0.692. The minimum Gasteiger partial charge on any atom is -0.323 e. The molecule has 1 aliphatic carbocycles. The predicted molar refractivity (Wildman–Crippen MR) is 74.8 cm³/mol. The Morgan fingerprint density at radius 1 is 1.12 bits per heavy atom. The van der Waals surface area contributed by atoms with Crippen LogP contribution in [0.1, 0.15) is 55.9 Å². The van der Waals surface area contributed by atoms with Crippen molar-refractivity contribution in [2.24, 2.45) is 11.7 Å². The Kier molecular flexibility index (Phi) is 4.86. The van der Waals surface area contributed by atoms with Crippen LogP contribution in [0.5, 0.6) is 0 Å². The van der Waals surface area contributed by atoms with E-state index in [4.69, 9.17) is 5.73 Å². The van der Waals surface area contributed by atoms with E-state index >= 15 is 0 Å². The molecule has 90 valence electrons. The highest BCUT2D eigenvalue weighted by molar-refractivity contribution is 9.11. The summed E-state index contributed by atoms with van der Waals surface area (Å²) in [7, 11) is 0. The SMILES string of the molecule is NC(c1ccc(Br)s1)C1CCCCCCC1. The molecule has 1 aromatic heterocycles. The van der Waals surface area contributed by atoms with Crippen molar-refractivity contribution >= 4 is 27.3 Å². The lowest BCUT2D eigenvalue weighted by atomic mass is 9.86. The average Bonchev–Trinajstić information content (AvgIpc) is 2.63. The summed E-state index contributed by atoms with van der Waals surface area (Å²) in [4.78, 5) is 1.34. The Labute approximate surface area is 111 Å². The smallest absolute Gasteiger partial charge is 0.0701 e. The van der Waals surface area contributed by atoms with Gasteiger partial charge < -0.3 is 5.73 Å². The molecule has 1 aliphatic rings. The van der Waals surface area contributed by atoms with Gasteiger partial charge in [-0.3, -0.25) is 0 Å². The van der Waals surface area contributed by atoms with Crippen LogP contribution in [0.3, 0.4) is 0 Å². The molecule has 0 aliphatic heterocycles. The molecule has 0 aromatic carbocycles. The molecule has 1 unspecified atom stereocenters. The van der Waals surface area contributed by atoms with Crippen molar-refractivity contribution in [1.82, 2.24) is 0 Å². The van der Waals surface area contributed by atoms with Crippen LogP contribution in [0.2, 0.25) is 0 Å². The predicted octanol–water partition coefficient (Wildman–Crippen LogP) is 4.87. The van der Waals surface area contributed by atoms with Crippen molar-refractivity contribution in [2.75, 3.05) is 0 Å². The quantitative estimate of drug-likeness (QED) is 0.828. The average molecular weight is 302 g/mol. The molecule has 1 aromatic rings. The molecule has 16 heavy (non-hydrogen) atoms. The number of rotatable bonds is 2. The molecule has 0 bridgehead atoms. The van der Waals surface area contributed by atoms with Crippen molar-refractivity contribution in [3.63, 3.8) is 0 Å². The van der Waals surface area contributed by atoms with E-state index in [1.165, 1.54) is 53.6 Å². The first kappa shape index (κ1) is 12.6. The van der Waals surface area contributed by atoms with E-state index in [9.17, 15) is 0 Å². The van der Waals surface area contributed by atoms with Gasteiger partial charge in [0.25, 0.3) is 0 Å². The number of halogens is 1. The standard InChI is InChI=1S/C13H20BrNS/c14-12-9-8-11(16-12)13(15)10-6-4-2-1-3-5-7-10/h8-10,13H,1-7,15H2. The molecule has 2 N–H and O–H groups in total. The molecule has 3 heteroatoms. The summed E-state index contributed by atoms with van der Waals surface area (Å²) in [5.41, 5.74) is 6.39. The second-order valence-corrected chi connectivity index (χ2v) is 7.27. The number of nitrogens with two attached hydrogens (primary N) is 1. The molecular formula is C13H20BrNS. The lowest BCUT2D eigenvalue weighted by molar-refractivity contribution is 0.330.